The molecular formula is C42H55FN8O10PPb. The maximum atomic E-state index is 15.1. The van der Waals surface area contributed by atoms with Crippen LogP contribution < -0.4 is 37.5 Å². The second-order valence-electron chi connectivity index (χ2n) is 15.1. The number of fused-ring (bicyclic) bond motifs is 4. The van der Waals surface area contributed by atoms with Crippen molar-refractivity contribution in [2.75, 3.05) is 46.3 Å². The standard InChI is InChI=1S/C32H36FN5O7.C10H19N3O3P.Pb/c1-5-18(12-39)20-8-26-30-21(11-38(26)32(43)22(20)13-44-4)29-24(7-6-19-16(2)23(33)9-25(36-30)28(19)29)37-31(42)17(3)45-15-35-27(41)10-34-14-40;1-7(2)13-9(15)5-11-8(14)4-12-10(16)6-17-3;/h8-9,12,14,17-18,24H,5-7,10-11,13,15H2,1-4H3,(H,34,40)(H,35,41)(H,37,42);7,17H,1,4-6H2,2-3H3,(H,11,14)(H,12,16)(H,13,15);. The van der Waals surface area contributed by atoms with E-state index in [2.05, 4.69) is 31.9 Å². The van der Waals surface area contributed by atoms with Crippen molar-refractivity contribution < 1.29 is 47.4 Å². The molecule has 0 saturated heterocycles. The predicted octanol–water partition coefficient (Wildman–Crippen LogP) is 0.659. The van der Waals surface area contributed by atoms with E-state index in [4.69, 9.17) is 14.5 Å². The number of aryl methyl sites for hydroxylation is 1. The van der Waals surface area contributed by atoms with Gasteiger partial charge in [0.25, 0.3) is 5.56 Å². The predicted molar refractivity (Wildman–Crippen MR) is 235 cm³/mol. The van der Waals surface area contributed by atoms with Gasteiger partial charge in [-0.05, 0) is 68.1 Å². The number of benzene rings is 1. The van der Waals surface area contributed by atoms with Gasteiger partial charge in [0, 0.05) is 35.6 Å². The first-order valence-corrected chi connectivity index (χ1v) is 24.9. The number of nitrogens with zero attached hydrogens (tertiary/aromatic N) is 2. The molecule has 5 atom stereocenters. The van der Waals surface area contributed by atoms with E-state index < -0.39 is 29.9 Å². The van der Waals surface area contributed by atoms with Gasteiger partial charge in [-0.3, -0.25) is 19.2 Å². The van der Waals surface area contributed by atoms with Gasteiger partial charge in [-0.25, -0.2) is 9.37 Å². The number of halogens is 1. The number of nitrogens with one attached hydrogen (secondary N) is 6. The summed E-state index contributed by atoms with van der Waals surface area (Å²) in [6.07, 6.45) is 2.20. The Morgan fingerprint density at radius 2 is 1.73 bits per heavy atom. The fraction of sp³-hybridized carbons (Fsp3) is 0.500. The number of carbonyl (C=O) groups is 7. The molecule has 5 rings (SSSR count). The molecule has 339 valence electrons. The van der Waals surface area contributed by atoms with Crippen LogP contribution in [0.1, 0.15) is 79.0 Å². The third-order valence-electron chi connectivity index (χ3n) is 10.6. The van der Waals surface area contributed by atoms with Crippen LogP contribution in [0.5, 0.6) is 0 Å². The Kier molecular flexibility index (Phi) is 19.7. The Hall–Kier alpha value is -4.73. The number of aromatic nitrogens is 2. The molecule has 6 amide bonds. The van der Waals surface area contributed by atoms with E-state index in [1.54, 1.807) is 18.4 Å². The van der Waals surface area contributed by atoms with E-state index in [9.17, 15) is 38.4 Å². The molecule has 3 heterocycles. The van der Waals surface area contributed by atoms with Crippen LogP contribution in [0.3, 0.4) is 0 Å². The third-order valence-corrected chi connectivity index (χ3v) is 13.7. The third kappa shape index (κ3) is 12.9. The zero-order chi connectivity index (χ0) is 46.4. The summed E-state index contributed by atoms with van der Waals surface area (Å²) in [5.74, 6) is -2.48. The van der Waals surface area contributed by atoms with Crippen LogP contribution in [-0.4, -0.2) is 136 Å². The van der Waals surface area contributed by atoms with Crippen LogP contribution >= 0.6 is 8.58 Å². The van der Waals surface area contributed by atoms with Gasteiger partial charge in [-0.15, -0.1) is 0 Å². The number of amides is 6. The normalized spacial score (nSPS) is 14.9. The number of hydrogen-bond acceptors (Lipinski definition) is 11. The SMILES string of the molecule is CCC(C=O)c1cc2n(c(=O)c1COC)Cc1c-2nc2cc(F)c(C)c3c2c1C(NC(=O)C(C)OCNC(=O)CNC=O)CC3.CPCC(=O)NCC(=O)NCC(=O)NC(C)[CH2][Pb]. The Labute approximate surface area is 382 Å². The van der Waals surface area contributed by atoms with Gasteiger partial charge in [-0.1, -0.05) is 6.92 Å². The first-order valence-electron chi connectivity index (χ1n) is 20.5. The Morgan fingerprint density at radius 3 is 2.38 bits per heavy atom. The molecule has 0 fully saturated rings. The first-order chi connectivity index (χ1) is 30.1. The van der Waals surface area contributed by atoms with Gasteiger partial charge >= 0.3 is 119 Å². The van der Waals surface area contributed by atoms with Gasteiger partial charge in [0.1, 0.15) is 24.9 Å². The molecule has 21 heteroatoms. The molecule has 5 unspecified atom stereocenters. The zero-order valence-electron chi connectivity index (χ0n) is 36.3. The average Bonchev–Trinajstić information content (AvgIpc) is 3.63. The second kappa shape index (κ2) is 24.4. The minimum absolute atomic E-state index is 0.0383. The number of aldehydes is 1. The van der Waals surface area contributed by atoms with E-state index in [1.165, 1.54) is 13.2 Å². The number of ether oxygens (including phenoxy) is 2. The van der Waals surface area contributed by atoms with E-state index in [1.807, 2.05) is 26.6 Å². The van der Waals surface area contributed by atoms with Crippen LogP contribution in [0.15, 0.2) is 16.9 Å². The second-order valence-corrected chi connectivity index (χ2v) is 17.7. The topological polar surface area (TPSA) is 245 Å². The molecule has 63 heavy (non-hydrogen) atoms. The van der Waals surface area contributed by atoms with E-state index >= 15 is 4.39 Å². The molecule has 2 aliphatic rings. The van der Waals surface area contributed by atoms with E-state index in [0.717, 1.165) is 58.1 Å². The van der Waals surface area contributed by atoms with Gasteiger partial charge < -0.3 is 34.8 Å². The van der Waals surface area contributed by atoms with Gasteiger partial charge in [0.15, 0.2) is 0 Å². The molecule has 2 aromatic heterocycles. The van der Waals surface area contributed by atoms with Crippen molar-refractivity contribution in [1.29, 1.82) is 0 Å². The van der Waals surface area contributed by atoms with Crippen molar-refractivity contribution in [3.05, 3.63) is 61.7 Å². The summed E-state index contributed by atoms with van der Waals surface area (Å²) in [4.78, 5) is 99.9. The summed E-state index contributed by atoms with van der Waals surface area (Å²) in [5.41, 5.74) is 4.99. The summed E-state index contributed by atoms with van der Waals surface area (Å²) < 4.78 is 28.6. The quantitative estimate of drug-likeness (QED) is 0.0293. The summed E-state index contributed by atoms with van der Waals surface area (Å²) in [5, 5.41) is 16.2. The van der Waals surface area contributed by atoms with Crippen molar-refractivity contribution in [2.24, 2.45) is 0 Å². The molecule has 6 N–H and O–H groups in total. The van der Waals surface area contributed by atoms with Gasteiger partial charge in [0.2, 0.25) is 18.2 Å². The van der Waals surface area contributed by atoms with Crippen molar-refractivity contribution >= 4 is 87.5 Å². The van der Waals surface area contributed by atoms with Crippen molar-refractivity contribution in [1.82, 2.24) is 41.5 Å². The molecule has 18 nitrogen and oxygen atoms in total. The molecule has 3 aromatic rings. The summed E-state index contributed by atoms with van der Waals surface area (Å²) in [6.45, 7) is 8.64. The Balaban J connectivity index is 0.000000409. The van der Waals surface area contributed by atoms with Crippen LogP contribution in [0.4, 0.5) is 4.39 Å². The number of methoxy groups -OCH3 is 1. The first kappa shape index (κ1) is 50.9. The molecule has 1 aliphatic heterocycles. The van der Waals surface area contributed by atoms with Crippen molar-refractivity contribution in [3.8, 4) is 11.4 Å². The summed E-state index contributed by atoms with van der Waals surface area (Å²) >= 11 is 1.03. The summed E-state index contributed by atoms with van der Waals surface area (Å²) in [6, 6.07) is 2.86. The fourth-order valence-corrected chi connectivity index (χ4v) is 8.19. The van der Waals surface area contributed by atoms with E-state index in [-0.39, 0.29) is 74.7 Å². The molecule has 1 aliphatic carbocycles. The Morgan fingerprint density at radius 1 is 1.03 bits per heavy atom. The number of rotatable bonds is 21. The van der Waals surface area contributed by atoms with Gasteiger partial charge in [0.05, 0.1) is 42.6 Å². The van der Waals surface area contributed by atoms with Crippen molar-refractivity contribution in [3.63, 3.8) is 0 Å². The molecule has 0 spiro atoms. The number of pyridine rings is 2. The van der Waals surface area contributed by atoms with Gasteiger partial charge in [-0.2, -0.15) is 0 Å². The summed E-state index contributed by atoms with van der Waals surface area (Å²) in [7, 11) is 2.02. The fourth-order valence-electron chi connectivity index (χ4n) is 7.35. The Bertz CT molecular complexity index is 2280. The number of hydrogen-bond donors (Lipinski definition) is 6. The molecule has 0 bridgehead atoms. The monoisotopic (exact) mass is 1090 g/mol. The van der Waals surface area contributed by atoms with E-state index in [0.29, 0.717) is 74.0 Å². The minimum atomic E-state index is -0.931. The van der Waals surface area contributed by atoms with Crippen LogP contribution in [0.25, 0.3) is 22.3 Å². The molecule has 3 radical (unpaired) electrons. The molecule has 0 saturated carbocycles. The average molecular weight is 1090 g/mol. The van der Waals surface area contributed by atoms with Crippen LogP contribution in [0, 0.1) is 12.7 Å². The van der Waals surface area contributed by atoms with Crippen molar-refractivity contribution in [2.45, 2.75) is 88.2 Å². The molecular weight excluding hydrogens is 1030 g/mol. The maximum absolute atomic E-state index is 15.1. The zero-order valence-corrected chi connectivity index (χ0v) is 41.1. The van der Waals surface area contributed by atoms with Crippen LogP contribution in [0.2, 0.25) is 3.98 Å². The van der Waals surface area contributed by atoms with Crippen LogP contribution in [-0.2, 0) is 62.6 Å². The molecule has 1 aromatic carbocycles. The number of carbonyl (C=O) groups excluding carboxylic acids is 7.